The van der Waals surface area contributed by atoms with Gasteiger partial charge in [0.2, 0.25) is 15.2 Å². The van der Waals surface area contributed by atoms with Crippen molar-refractivity contribution in [1.29, 1.82) is 0 Å². The molecule has 27 heavy (non-hydrogen) atoms. The lowest BCUT2D eigenvalue weighted by Gasteiger charge is -2.11. The van der Waals surface area contributed by atoms with Gasteiger partial charge >= 0.3 is 0 Å². The molecule has 1 N–H and O–H groups in total. The van der Waals surface area contributed by atoms with E-state index in [1.807, 2.05) is 42.6 Å². The Morgan fingerprint density at radius 3 is 2.59 bits per heavy atom. The molecule has 0 aliphatic heterocycles. The Morgan fingerprint density at radius 1 is 1.15 bits per heavy atom. The molecule has 0 saturated heterocycles. The molecule has 0 aliphatic rings. The minimum Gasteiger partial charge on any atom is -0.253 e. The van der Waals surface area contributed by atoms with E-state index < -0.39 is 10.0 Å². The highest BCUT2D eigenvalue weighted by atomic mass is 32.2. The van der Waals surface area contributed by atoms with Crippen molar-refractivity contribution in [1.82, 2.24) is 9.29 Å². The van der Waals surface area contributed by atoms with Gasteiger partial charge in [-0.3, -0.25) is 5.43 Å². The van der Waals surface area contributed by atoms with Gasteiger partial charge in [-0.1, -0.05) is 42.0 Å². The number of benzene rings is 2. The number of nitrogens with zero attached hydrogens (tertiary/aromatic N) is 3. The maximum absolute atomic E-state index is 12.3. The normalized spacial score (nSPS) is 12.0. The van der Waals surface area contributed by atoms with Crippen LogP contribution in [0.25, 0.3) is 11.3 Å². The lowest BCUT2D eigenvalue weighted by atomic mass is 10.2. The van der Waals surface area contributed by atoms with Crippen molar-refractivity contribution in [2.45, 2.75) is 11.8 Å². The van der Waals surface area contributed by atoms with Gasteiger partial charge in [-0.2, -0.15) is 5.10 Å². The molecule has 0 saturated carbocycles. The Hall–Kier alpha value is -2.55. The number of aromatic nitrogens is 1. The summed E-state index contributed by atoms with van der Waals surface area (Å²) < 4.78 is 25.8. The number of thiazole rings is 1. The molecule has 0 radical (unpaired) electrons. The van der Waals surface area contributed by atoms with E-state index in [4.69, 9.17) is 0 Å². The van der Waals surface area contributed by atoms with E-state index in [0.717, 1.165) is 11.1 Å². The zero-order chi connectivity index (χ0) is 19.4. The van der Waals surface area contributed by atoms with E-state index in [1.165, 1.54) is 35.3 Å². The molecule has 0 spiro atoms. The van der Waals surface area contributed by atoms with Crippen LogP contribution in [-0.2, 0) is 10.0 Å². The van der Waals surface area contributed by atoms with Crippen LogP contribution < -0.4 is 5.43 Å². The van der Waals surface area contributed by atoms with Crippen molar-refractivity contribution in [2.24, 2.45) is 5.10 Å². The average molecular weight is 401 g/mol. The third kappa shape index (κ3) is 4.60. The molecule has 0 aliphatic carbocycles. The van der Waals surface area contributed by atoms with Crippen LogP contribution in [0, 0.1) is 6.92 Å². The van der Waals surface area contributed by atoms with Gasteiger partial charge in [-0.25, -0.2) is 17.7 Å². The van der Waals surface area contributed by atoms with Crippen LogP contribution >= 0.6 is 11.3 Å². The fraction of sp³-hybridized carbons (Fsp3) is 0.158. The maximum Gasteiger partial charge on any atom is 0.242 e. The lowest BCUT2D eigenvalue weighted by molar-refractivity contribution is 0.521. The number of nitrogens with one attached hydrogen (secondary N) is 1. The molecule has 0 fully saturated rings. The summed E-state index contributed by atoms with van der Waals surface area (Å²) >= 11 is 1.41. The molecule has 6 nitrogen and oxygen atoms in total. The first-order valence-electron chi connectivity index (χ1n) is 8.20. The smallest absolute Gasteiger partial charge is 0.242 e. The van der Waals surface area contributed by atoms with Crippen molar-refractivity contribution in [2.75, 3.05) is 19.5 Å². The minimum absolute atomic E-state index is 0.241. The summed E-state index contributed by atoms with van der Waals surface area (Å²) in [6.07, 6.45) is 1.73. The van der Waals surface area contributed by atoms with Crippen LogP contribution in [0.2, 0.25) is 0 Å². The van der Waals surface area contributed by atoms with Gasteiger partial charge < -0.3 is 0 Å². The lowest BCUT2D eigenvalue weighted by Crippen LogP contribution is -2.22. The number of rotatable bonds is 6. The molecule has 1 heterocycles. The van der Waals surface area contributed by atoms with Gasteiger partial charge in [0.05, 0.1) is 16.8 Å². The number of hydrogen-bond donors (Lipinski definition) is 1. The molecule has 0 amide bonds. The molecule has 1 aromatic heterocycles. The fourth-order valence-corrected chi connectivity index (χ4v) is 3.92. The molecule has 3 rings (SSSR count). The summed E-state index contributed by atoms with van der Waals surface area (Å²) in [7, 11) is -0.453. The van der Waals surface area contributed by atoms with Crippen LogP contribution in [-0.4, -0.2) is 38.0 Å². The number of hydrogen-bond acceptors (Lipinski definition) is 6. The van der Waals surface area contributed by atoms with Crippen molar-refractivity contribution in [3.8, 4) is 11.3 Å². The number of aryl methyl sites for hydroxylation is 1. The SMILES string of the molecule is Cc1ccc(/C=N/Nc2nc(-c3cccc(S(=O)(=O)N(C)C)c3)cs2)cc1. The van der Waals surface area contributed by atoms with Gasteiger partial charge in [0.1, 0.15) is 0 Å². The number of sulfonamides is 1. The van der Waals surface area contributed by atoms with E-state index in [9.17, 15) is 8.42 Å². The maximum atomic E-state index is 12.3. The van der Waals surface area contributed by atoms with Crippen molar-refractivity contribution in [3.63, 3.8) is 0 Å². The molecule has 0 atom stereocenters. The van der Waals surface area contributed by atoms with E-state index in [2.05, 4.69) is 15.5 Å². The molecule has 0 bridgehead atoms. The van der Waals surface area contributed by atoms with Crippen molar-refractivity contribution in [3.05, 3.63) is 65.0 Å². The van der Waals surface area contributed by atoms with E-state index in [-0.39, 0.29) is 4.90 Å². The first-order chi connectivity index (χ1) is 12.9. The van der Waals surface area contributed by atoms with Crippen LogP contribution in [0.1, 0.15) is 11.1 Å². The van der Waals surface area contributed by atoms with Gasteiger partial charge in [-0.05, 0) is 24.6 Å². The zero-order valence-electron chi connectivity index (χ0n) is 15.2. The van der Waals surface area contributed by atoms with Crippen LogP contribution in [0.4, 0.5) is 5.13 Å². The average Bonchev–Trinajstić information content (AvgIpc) is 3.12. The summed E-state index contributed by atoms with van der Waals surface area (Å²) in [5.41, 5.74) is 6.54. The fourth-order valence-electron chi connectivity index (χ4n) is 2.30. The first-order valence-corrected chi connectivity index (χ1v) is 10.5. The molecule has 0 unspecified atom stereocenters. The second-order valence-corrected chi connectivity index (χ2v) is 9.14. The van der Waals surface area contributed by atoms with Crippen LogP contribution in [0.5, 0.6) is 0 Å². The van der Waals surface area contributed by atoms with Crippen LogP contribution in [0.15, 0.2) is 63.9 Å². The third-order valence-electron chi connectivity index (χ3n) is 3.86. The minimum atomic E-state index is -3.48. The summed E-state index contributed by atoms with van der Waals surface area (Å²) in [5.74, 6) is 0. The molecular weight excluding hydrogens is 380 g/mol. The zero-order valence-corrected chi connectivity index (χ0v) is 16.9. The highest BCUT2D eigenvalue weighted by molar-refractivity contribution is 7.89. The standard InChI is InChI=1S/C19H20N4O2S2/c1-14-7-9-15(10-8-14)12-20-22-19-21-18(13-26-19)16-5-4-6-17(11-16)27(24,25)23(2)3/h4-13H,1-3H3,(H,21,22)/b20-12+. The predicted octanol–water partition coefficient (Wildman–Crippen LogP) is 3.81. The second kappa shape index (κ2) is 7.99. The molecule has 3 aromatic rings. The molecule has 8 heteroatoms. The highest BCUT2D eigenvalue weighted by Crippen LogP contribution is 2.27. The third-order valence-corrected chi connectivity index (χ3v) is 6.42. The Labute approximate surface area is 163 Å². The Kier molecular flexibility index (Phi) is 5.69. The van der Waals surface area contributed by atoms with E-state index in [1.54, 1.807) is 24.4 Å². The second-order valence-electron chi connectivity index (χ2n) is 6.13. The van der Waals surface area contributed by atoms with Gasteiger partial charge in [0, 0.05) is 25.0 Å². The highest BCUT2D eigenvalue weighted by Gasteiger charge is 2.18. The number of hydrazone groups is 1. The molecule has 2 aromatic carbocycles. The predicted molar refractivity (Wildman–Crippen MR) is 111 cm³/mol. The first kappa shape index (κ1) is 19.2. The van der Waals surface area contributed by atoms with Gasteiger partial charge in [-0.15, -0.1) is 11.3 Å². The summed E-state index contributed by atoms with van der Waals surface area (Å²) in [6, 6.07) is 14.8. The Bertz CT molecular complexity index is 1060. The van der Waals surface area contributed by atoms with Gasteiger partial charge in [0.25, 0.3) is 0 Å². The Morgan fingerprint density at radius 2 is 1.89 bits per heavy atom. The molecule has 140 valence electrons. The monoisotopic (exact) mass is 400 g/mol. The summed E-state index contributed by atoms with van der Waals surface area (Å²) in [4.78, 5) is 4.72. The van der Waals surface area contributed by atoms with E-state index >= 15 is 0 Å². The van der Waals surface area contributed by atoms with Crippen molar-refractivity contribution >= 4 is 32.7 Å². The summed E-state index contributed by atoms with van der Waals surface area (Å²) in [6.45, 7) is 2.04. The largest absolute Gasteiger partial charge is 0.253 e. The Balaban J connectivity index is 1.75. The van der Waals surface area contributed by atoms with Crippen LogP contribution in [0.3, 0.4) is 0 Å². The topological polar surface area (TPSA) is 74.7 Å². The van der Waals surface area contributed by atoms with Crippen molar-refractivity contribution < 1.29 is 8.42 Å². The van der Waals surface area contributed by atoms with Gasteiger partial charge in [0.15, 0.2) is 0 Å². The van der Waals surface area contributed by atoms with E-state index in [0.29, 0.717) is 10.8 Å². The molecular formula is C19H20N4O2S2. The number of anilines is 1. The quantitative estimate of drug-likeness (QED) is 0.504. The summed E-state index contributed by atoms with van der Waals surface area (Å²) in [5, 5.41) is 6.70.